The fraction of sp³-hybridized carbons (Fsp3) is 0.500. The minimum absolute atomic E-state index is 0.0288. The van der Waals surface area contributed by atoms with Crippen LogP contribution in [0.5, 0.6) is 0 Å². The monoisotopic (exact) mass is 264 g/mol. The summed E-state index contributed by atoms with van der Waals surface area (Å²) < 4.78 is 0.315. The van der Waals surface area contributed by atoms with Gasteiger partial charge < -0.3 is 10.6 Å². The number of anilines is 1. The number of carbonyl (C=O) groups excluding carboxylic acids is 1. The lowest BCUT2D eigenvalue weighted by atomic mass is 10.1. The smallest absolute Gasteiger partial charge is 0.251 e. The second kappa shape index (κ2) is 5.22. The molecule has 2 rings (SSSR count). The Morgan fingerprint density at radius 1 is 1.44 bits per heavy atom. The van der Waals surface area contributed by atoms with Crippen LogP contribution in [0.2, 0.25) is 0 Å². The van der Waals surface area contributed by atoms with Crippen molar-refractivity contribution >= 4 is 23.4 Å². The lowest BCUT2D eigenvalue weighted by molar-refractivity contribution is 0.0953. The highest BCUT2D eigenvalue weighted by Crippen LogP contribution is 2.46. The maximum absolute atomic E-state index is 12.0. The lowest BCUT2D eigenvalue weighted by Crippen LogP contribution is -2.31. The van der Waals surface area contributed by atoms with Crippen LogP contribution in [-0.4, -0.2) is 30.5 Å². The van der Waals surface area contributed by atoms with Crippen molar-refractivity contribution in [3.63, 3.8) is 0 Å². The highest BCUT2D eigenvalue weighted by atomic mass is 32.2. The molecule has 0 bridgehead atoms. The molecule has 0 unspecified atom stereocenters. The average Bonchev–Trinajstić information content (AvgIpc) is 3.16. The average molecular weight is 264 g/mol. The SMILES string of the molecule is CNc1ccc(C(=O)NCC2(SC)CC2)cc1C. The van der Waals surface area contributed by atoms with Gasteiger partial charge in [-0.25, -0.2) is 0 Å². The molecule has 0 spiro atoms. The van der Waals surface area contributed by atoms with Crippen LogP contribution in [0.4, 0.5) is 5.69 Å². The molecule has 1 aromatic rings. The molecule has 4 heteroatoms. The van der Waals surface area contributed by atoms with E-state index >= 15 is 0 Å². The van der Waals surface area contributed by atoms with Crippen LogP contribution in [0.3, 0.4) is 0 Å². The molecule has 1 fully saturated rings. The molecule has 18 heavy (non-hydrogen) atoms. The fourth-order valence-electron chi connectivity index (χ4n) is 2.02. The Kier molecular flexibility index (Phi) is 3.85. The van der Waals surface area contributed by atoms with E-state index in [1.165, 1.54) is 12.8 Å². The second-order valence-corrected chi connectivity index (χ2v) is 6.12. The zero-order valence-electron chi connectivity index (χ0n) is 11.2. The van der Waals surface area contributed by atoms with Gasteiger partial charge in [0.05, 0.1) is 0 Å². The first-order valence-electron chi connectivity index (χ1n) is 6.22. The molecule has 1 saturated carbocycles. The number of benzene rings is 1. The summed E-state index contributed by atoms with van der Waals surface area (Å²) in [6.07, 6.45) is 4.54. The first kappa shape index (κ1) is 13.3. The summed E-state index contributed by atoms with van der Waals surface area (Å²) in [4.78, 5) is 12.0. The van der Waals surface area contributed by atoms with Gasteiger partial charge in [0.2, 0.25) is 0 Å². The summed E-state index contributed by atoms with van der Waals surface area (Å²) >= 11 is 1.86. The summed E-state index contributed by atoms with van der Waals surface area (Å²) in [5.74, 6) is 0.0288. The van der Waals surface area contributed by atoms with E-state index in [-0.39, 0.29) is 5.91 Å². The zero-order chi connectivity index (χ0) is 13.2. The molecule has 1 aliphatic carbocycles. The Hall–Kier alpha value is -1.16. The third-order valence-corrected chi connectivity index (χ3v) is 4.99. The normalized spacial score (nSPS) is 16.2. The molecule has 3 nitrogen and oxygen atoms in total. The molecule has 98 valence electrons. The highest BCUT2D eigenvalue weighted by Gasteiger charge is 2.41. The van der Waals surface area contributed by atoms with Gasteiger partial charge in [0, 0.05) is 29.6 Å². The molecule has 0 atom stereocenters. The van der Waals surface area contributed by atoms with Crippen molar-refractivity contribution in [3.05, 3.63) is 29.3 Å². The van der Waals surface area contributed by atoms with Gasteiger partial charge in [0.1, 0.15) is 0 Å². The number of amides is 1. The summed E-state index contributed by atoms with van der Waals surface area (Å²) in [6, 6.07) is 5.75. The van der Waals surface area contributed by atoms with Crippen LogP contribution in [-0.2, 0) is 0 Å². The minimum atomic E-state index is 0.0288. The third kappa shape index (κ3) is 2.80. The van der Waals surface area contributed by atoms with Crippen molar-refractivity contribution in [2.45, 2.75) is 24.5 Å². The van der Waals surface area contributed by atoms with Gasteiger partial charge in [-0.15, -0.1) is 0 Å². The van der Waals surface area contributed by atoms with Gasteiger partial charge >= 0.3 is 0 Å². The van der Waals surface area contributed by atoms with Crippen LogP contribution < -0.4 is 10.6 Å². The predicted molar refractivity (Wildman–Crippen MR) is 78.5 cm³/mol. The number of nitrogens with one attached hydrogen (secondary N) is 2. The summed E-state index contributed by atoms with van der Waals surface area (Å²) in [7, 11) is 1.89. The maximum atomic E-state index is 12.0. The quantitative estimate of drug-likeness (QED) is 0.859. The Morgan fingerprint density at radius 2 is 2.17 bits per heavy atom. The number of hydrogen-bond acceptors (Lipinski definition) is 3. The van der Waals surface area contributed by atoms with Crippen LogP contribution in [0.1, 0.15) is 28.8 Å². The van der Waals surface area contributed by atoms with Crippen LogP contribution in [0.15, 0.2) is 18.2 Å². The summed E-state index contributed by atoms with van der Waals surface area (Å²) in [6.45, 7) is 2.78. The Morgan fingerprint density at radius 3 is 2.67 bits per heavy atom. The van der Waals surface area contributed by atoms with E-state index in [1.54, 1.807) is 0 Å². The topological polar surface area (TPSA) is 41.1 Å². The van der Waals surface area contributed by atoms with Crippen molar-refractivity contribution in [2.75, 3.05) is 25.2 Å². The fourth-order valence-corrected chi connectivity index (χ4v) is 2.75. The van der Waals surface area contributed by atoms with Crippen LogP contribution >= 0.6 is 11.8 Å². The number of thioether (sulfide) groups is 1. The molecule has 0 aromatic heterocycles. The Labute approximate surface area is 113 Å². The molecule has 2 N–H and O–H groups in total. The molecular weight excluding hydrogens is 244 g/mol. The number of hydrogen-bond donors (Lipinski definition) is 2. The largest absolute Gasteiger partial charge is 0.388 e. The first-order chi connectivity index (χ1) is 8.60. The van der Waals surface area contributed by atoms with Crippen molar-refractivity contribution in [1.29, 1.82) is 0 Å². The Bertz CT molecular complexity index is 455. The zero-order valence-corrected chi connectivity index (χ0v) is 12.0. The van der Waals surface area contributed by atoms with E-state index in [1.807, 2.05) is 43.9 Å². The molecule has 0 heterocycles. The standard InChI is InChI=1S/C14H20N2OS/c1-10-8-11(4-5-12(10)15-2)13(17)16-9-14(18-3)6-7-14/h4-5,8,15H,6-7,9H2,1-3H3,(H,16,17). The number of aryl methyl sites for hydroxylation is 1. The van der Waals surface area contributed by atoms with Crippen LogP contribution in [0, 0.1) is 6.92 Å². The minimum Gasteiger partial charge on any atom is -0.388 e. The predicted octanol–water partition coefficient (Wildman–Crippen LogP) is 2.66. The molecule has 1 amide bonds. The third-order valence-electron chi connectivity index (χ3n) is 3.57. The molecule has 1 aliphatic rings. The van der Waals surface area contributed by atoms with Crippen molar-refractivity contribution < 1.29 is 4.79 Å². The van der Waals surface area contributed by atoms with Gasteiger partial charge in [-0.3, -0.25) is 4.79 Å². The van der Waals surface area contributed by atoms with E-state index in [0.717, 1.165) is 23.4 Å². The summed E-state index contributed by atoms with van der Waals surface area (Å²) in [5.41, 5.74) is 2.90. The van der Waals surface area contributed by atoms with E-state index in [0.29, 0.717) is 4.75 Å². The maximum Gasteiger partial charge on any atom is 0.251 e. The molecular formula is C14H20N2OS. The van der Waals surface area contributed by atoms with Crippen LogP contribution in [0.25, 0.3) is 0 Å². The Balaban J connectivity index is 1.98. The second-order valence-electron chi connectivity index (χ2n) is 4.85. The summed E-state index contributed by atoms with van der Waals surface area (Å²) in [5, 5.41) is 6.14. The van der Waals surface area contributed by atoms with E-state index in [9.17, 15) is 4.79 Å². The lowest BCUT2D eigenvalue weighted by Gasteiger charge is -2.13. The number of rotatable bonds is 5. The number of carbonyl (C=O) groups is 1. The van der Waals surface area contributed by atoms with Crippen molar-refractivity contribution in [2.24, 2.45) is 0 Å². The van der Waals surface area contributed by atoms with E-state index in [2.05, 4.69) is 16.9 Å². The van der Waals surface area contributed by atoms with Crippen molar-refractivity contribution in [3.8, 4) is 0 Å². The van der Waals surface area contributed by atoms with Gasteiger partial charge in [-0.2, -0.15) is 11.8 Å². The molecule has 1 aromatic carbocycles. The van der Waals surface area contributed by atoms with E-state index < -0.39 is 0 Å². The highest BCUT2D eigenvalue weighted by molar-refractivity contribution is 8.00. The van der Waals surface area contributed by atoms with Gasteiger partial charge in [0.25, 0.3) is 5.91 Å². The van der Waals surface area contributed by atoms with E-state index in [4.69, 9.17) is 0 Å². The van der Waals surface area contributed by atoms with Crippen molar-refractivity contribution in [1.82, 2.24) is 5.32 Å². The van der Waals surface area contributed by atoms with Gasteiger partial charge in [0.15, 0.2) is 0 Å². The molecule has 0 aliphatic heterocycles. The molecule has 0 radical (unpaired) electrons. The first-order valence-corrected chi connectivity index (χ1v) is 7.44. The van der Waals surface area contributed by atoms with Gasteiger partial charge in [-0.1, -0.05) is 0 Å². The van der Waals surface area contributed by atoms with Gasteiger partial charge in [-0.05, 0) is 49.8 Å². The molecule has 0 saturated heterocycles.